The smallest absolute Gasteiger partial charge is 0.129 e. The van der Waals surface area contributed by atoms with Crippen LogP contribution in [0.2, 0.25) is 0 Å². The molecule has 2 rings (SSSR count). The Labute approximate surface area is 111 Å². The van der Waals surface area contributed by atoms with Gasteiger partial charge in [0, 0.05) is 16.7 Å². The zero-order valence-corrected chi connectivity index (χ0v) is 11.2. The summed E-state index contributed by atoms with van der Waals surface area (Å²) in [5, 5.41) is 12.1. The van der Waals surface area contributed by atoms with E-state index in [1.807, 2.05) is 35.7 Å². The van der Waals surface area contributed by atoms with Crippen molar-refractivity contribution >= 4 is 11.3 Å². The molecule has 2 aromatic rings. The van der Waals surface area contributed by atoms with Gasteiger partial charge in [-0.05, 0) is 23.8 Å². The van der Waals surface area contributed by atoms with Gasteiger partial charge in [-0.25, -0.2) is 0 Å². The topological polar surface area (TPSA) is 38.7 Å². The standard InChI is InChI=1S/C14H16O3S/c1-16-11-5-3-4-10(6-11)7-13(15)14-8-12(17-2)9-18-14/h3-6,8-9,13,15H,7H2,1-2H3. The first-order valence-electron chi connectivity index (χ1n) is 5.66. The van der Waals surface area contributed by atoms with Gasteiger partial charge >= 0.3 is 0 Å². The van der Waals surface area contributed by atoms with Crippen molar-refractivity contribution in [2.45, 2.75) is 12.5 Å². The molecule has 0 saturated heterocycles. The number of aliphatic hydroxyl groups is 1. The van der Waals surface area contributed by atoms with Gasteiger partial charge in [0.25, 0.3) is 0 Å². The molecule has 1 heterocycles. The summed E-state index contributed by atoms with van der Waals surface area (Å²) in [5.41, 5.74) is 1.05. The van der Waals surface area contributed by atoms with E-state index in [1.165, 1.54) is 11.3 Å². The molecule has 0 aliphatic rings. The highest BCUT2D eigenvalue weighted by Crippen LogP contribution is 2.29. The van der Waals surface area contributed by atoms with Crippen molar-refractivity contribution < 1.29 is 14.6 Å². The lowest BCUT2D eigenvalue weighted by atomic mass is 10.1. The molecule has 0 spiro atoms. The first-order chi connectivity index (χ1) is 8.72. The number of aliphatic hydroxyl groups excluding tert-OH is 1. The van der Waals surface area contributed by atoms with Crippen molar-refractivity contribution in [3.05, 3.63) is 46.2 Å². The maximum atomic E-state index is 10.2. The molecule has 0 aliphatic heterocycles. The molecule has 4 heteroatoms. The van der Waals surface area contributed by atoms with Gasteiger partial charge in [-0.15, -0.1) is 11.3 Å². The average molecular weight is 264 g/mol. The predicted molar refractivity (Wildman–Crippen MR) is 72.5 cm³/mol. The Morgan fingerprint density at radius 2 is 1.94 bits per heavy atom. The third-order valence-corrected chi connectivity index (χ3v) is 3.74. The van der Waals surface area contributed by atoms with Crippen LogP contribution in [0.3, 0.4) is 0 Å². The molecular formula is C14H16O3S. The fraction of sp³-hybridized carbons (Fsp3) is 0.286. The van der Waals surface area contributed by atoms with E-state index in [9.17, 15) is 5.11 Å². The SMILES string of the molecule is COc1cccc(CC(O)c2cc(OC)cs2)c1. The Hall–Kier alpha value is -1.52. The molecular weight excluding hydrogens is 248 g/mol. The van der Waals surface area contributed by atoms with E-state index >= 15 is 0 Å². The molecule has 1 aromatic heterocycles. The Bertz CT molecular complexity index is 507. The zero-order chi connectivity index (χ0) is 13.0. The number of hydrogen-bond donors (Lipinski definition) is 1. The van der Waals surface area contributed by atoms with Gasteiger partial charge in [-0.2, -0.15) is 0 Å². The molecule has 0 fully saturated rings. The van der Waals surface area contributed by atoms with Crippen molar-refractivity contribution in [3.8, 4) is 11.5 Å². The van der Waals surface area contributed by atoms with Crippen LogP contribution in [0.25, 0.3) is 0 Å². The monoisotopic (exact) mass is 264 g/mol. The lowest BCUT2D eigenvalue weighted by Crippen LogP contribution is -1.99. The van der Waals surface area contributed by atoms with E-state index in [0.29, 0.717) is 6.42 Å². The number of thiophene rings is 1. The number of rotatable bonds is 5. The molecule has 18 heavy (non-hydrogen) atoms. The van der Waals surface area contributed by atoms with Gasteiger partial charge in [0.2, 0.25) is 0 Å². The highest BCUT2D eigenvalue weighted by atomic mass is 32.1. The summed E-state index contributed by atoms with van der Waals surface area (Å²) in [6.07, 6.45) is 0.0620. The fourth-order valence-electron chi connectivity index (χ4n) is 1.74. The van der Waals surface area contributed by atoms with E-state index < -0.39 is 6.10 Å². The Kier molecular flexibility index (Phi) is 4.23. The van der Waals surface area contributed by atoms with E-state index in [2.05, 4.69) is 0 Å². The van der Waals surface area contributed by atoms with Crippen LogP contribution in [0.5, 0.6) is 11.5 Å². The van der Waals surface area contributed by atoms with Gasteiger partial charge in [-0.1, -0.05) is 12.1 Å². The molecule has 1 unspecified atom stereocenters. The summed E-state index contributed by atoms with van der Waals surface area (Å²) in [6, 6.07) is 9.61. The van der Waals surface area contributed by atoms with Crippen LogP contribution in [-0.4, -0.2) is 19.3 Å². The van der Waals surface area contributed by atoms with E-state index in [1.54, 1.807) is 14.2 Å². The molecule has 96 valence electrons. The van der Waals surface area contributed by atoms with E-state index in [4.69, 9.17) is 9.47 Å². The highest BCUT2D eigenvalue weighted by molar-refractivity contribution is 7.10. The summed E-state index contributed by atoms with van der Waals surface area (Å²) < 4.78 is 10.3. The number of benzene rings is 1. The van der Waals surface area contributed by atoms with Gasteiger partial charge in [0.05, 0.1) is 20.3 Å². The molecule has 1 atom stereocenters. The molecule has 1 aromatic carbocycles. The zero-order valence-electron chi connectivity index (χ0n) is 10.4. The summed E-state index contributed by atoms with van der Waals surface area (Å²) in [6.45, 7) is 0. The maximum absolute atomic E-state index is 10.2. The molecule has 0 saturated carbocycles. The minimum Gasteiger partial charge on any atom is -0.497 e. The van der Waals surface area contributed by atoms with Crippen LogP contribution in [0.1, 0.15) is 16.5 Å². The third kappa shape index (κ3) is 3.03. The second-order valence-corrected chi connectivity index (χ2v) is 4.90. The lowest BCUT2D eigenvalue weighted by Gasteiger charge is -2.09. The number of hydrogen-bond acceptors (Lipinski definition) is 4. The highest BCUT2D eigenvalue weighted by Gasteiger charge is 2.12. The largest absolute Gasteiger partial charge is 0.497 e. The Morgan fingerprint density at radius 1 is 1.17 bits per heavy atom. The Morgan fingerprint density at radius 3 is 2.61 bits per heavy atom. The van der Waals surface area contributed by atoms with Crippen molar-refractivity contribution in [1.29, 1.82) is 0 Å². The second-order valence-electron chi connectivity index (χ2n) is 3.96. The summed E-state index contributed by atoms with van der Waals surface area (Å²) in [5.74, 6) is 1.60. The third-order valence-electron chi connectivity index (χ3n) is 2.72. The van der Waals surface area contributed by atoms with Crippen molar-refractivity contribution in [2.24, 2.45) is 0 Å². The van der Waals surface area contributed by atoms with Crippen LogP contribution in [0.4, 0.5) is 0 Å². The van der Waals surface area contributed by atoms with Crippen LogP contribution in [0, 0.1) is 0 Å². The summed E-state index contributed by atoms with van der Waals surface area (Å²) in [4.78, 5) is 0.912. The molecule has 0 amide bonds. The van der Waals surface area contributed by atoms with Crippen LogP contribution in [0.15, 0.2) is 35.7 Å². The quantitative estimate of drug-likeness (QED) is 0.902. The molecule has 3 nitrogen and oxygen atoms in total. The van der Waals surface area contributed by atoms with Gasteiger partial charge in [0.15, 0.2) is 0 Å². The first kappa shape index (κ1) is 12.9. The van der Waals surface area contributed by atoms with Crippen molar-refractivity contribution in [3.63, 3.8) is 0 Å². The van der Waals surface area contributed by atoms with Gasteiger partial charge in [0.1, 0.15) is 11.5 Å². The predicted octanol–water partition coefficient (Wildman–Crippen LogP) is 3.04. The van der Waals surface area contributed by atoms with E-state index in [0.717, 1.165) is 21.9 Å². The van der Waals surface area contributed by atoms with Crippen LogP contribution in [-0.2, 0) is 6.42 Å². The van der Waals surface area contributed by atoms with Crippen molar-refractivity contribution in [1.82, 2.24) is 0 Å². The summed E-state index contributed by atoms with van der Waals surface area (Å²) >= 11 is 1.51. The molecule has 0 aliphatic carbocycles. The van der Waals surface area contributed by atoms with Gasteiger partial charge in [-0.3, -0.25) is 0 Å². The van der Waals surface area contributed by atoms with Crippen molar-refractivity contribution in [2.75, 3.05) is 14.2 Å². The maximum Gasteiger partial charge on any atom is 0.129 e. The molecule has 0 bridgehead atoms. The van der Waals surface area contributed by atoms with Crippen LogP contribution < -0.4 is 9.47 Å². The van der Waals surface area contributed by atoms with E-state index in [-0.39, 0.29) is 0 Å². The number of ether oxygens (including phenoxy) is 2. The molecule has 1 N–H and O–H groups in total. The minimum atomic E-state index is -0.508. The lowest BCUT2D eigenvalue weighted by molar-refractivity contribution is 0.182. The Balaban J connectivity index is 2.08. The number of methoxy groups -OCH3 is 2. The van der Waals surface area contributed by atoms with Gasteiger partial charge < -0.3 is 14.6 Å². The minimum absolute atomic E-state index is 0.508. The average Bonchev–Trinajstić information content (AvgIpc) is 2.88. The summed E-state index contributed by atoms with van der Waals surface area (Å²) in [7, 11) is 3.26. The van der Waals surface area contributed by atoms with Crippen LogP contribution >= 0.6 is 11.3 Å². The second kappa shape index (κ2) is 5.89. The molecule has 0 radical (unpaired) electrons. The normalized spacial score (nSPS) is 12.2. The first-order valence-corrected chi connectivity index (χ1v) is 6.54. The fourth-order valence-corrected chi connectivity index (χ4v) is 2.58.